The number of aryl methyl sites for hydroxylation is 1. The fourth-order valence-electron chi connectivity index (χ4n) is 5.38. The van der Waals surface area contributed by atoms with E-state index in [4.69, 9.17) is 0 Å². The number of carbonyl (C=O) groups is 4. The molecule has 0 saturated heterocycles. The molecule has 0 spiro atoms. The summed E-state index contributed by atoms with van der Waals surface area (Å²) in [4.78, 5) is 54.3. The Balaban J connectivity index is 1.50. The average molecular weight is 528 g/mol. The summed E-state index contributed by atoms with van der Waals surface area (Å²) in [6.45, 7) is 4.56. The Hall–Kier alpha value is -3.61. The van der Waals surface area contributed by atoms with Crippen molar-refractivity contribution in [2.24, 2.45) is 11.8 Å². The van der Waals surface area contributed by atoms with Gasteiger partial charge in [0.2, 0.25) is 17.7 Å². The highest BCUT2D eigenvalue weighted by molar-refractivity contribution is 5.93. The van der Waals surface area contributed by atoms with Crippen LogP contribution in [-0.2, 0) is 38.7 Å². The largest absolute Gasteiger partial charge is 0.350 e. The van der Waals surface area contributed by atoms with Gasteiger partial charge in [0.15, 0.2) is 5.82 Å². The van der Waals surface area contributed by atoms with E-state index < -0.39 is 23.9 Å². The number of nitrogens with zero attached hydrogens (tertiary/aromatic N) is 5. The van der Waals surface area contributed by atoms with E-state index in [-0.39, 0.29) is 48.9 Å². The van der Waals surface area contributed by atoms with Crippen LogP contribution in [0.15, 0.2) is 12.3 Å². The summed E-state index contributed by atoms with van der Waals surface area (Å²) < 4.78 is 1.98. The van der Waals surface area contributed by atoms with Crippen molar-refractivity contribution in [1.82, 2.24) is 46.0 Å². The minimum Gasteiger partial charge on any atom is -0.350 e. The van der Waals surface area contributed by atoms with Crippen molar-refractivity contribution in [3.8, 4) is 0 Å². The minimum absolute atomic E-state index is 0.0601. The summed E-state index contributed by atoms with van der Waals surface area (Å²) in [5, 5.41) is 22.3. The zero-order chi connectivity index (χ0) is 27.4. The molecule has 13 heteroatoms. The quantitative estimate of drug-likeness (QED) is 0.321. The fourth-order valence-corrected chi connectivity index (χ4v) is 5.38. The standard InChI is InChI=1S/C25H37N9O4/c1-5-14(2)22(28-20(36)13-33(3)4)25(38)27-17-7-6-15-8-9-34-12-16(10-18(35)21(17)23(15)34)24(37)26-11-19-29-31-32-30-19/h8-9,14,16-17,21-22H,5-7,10-13H2,1-4H3,(H,26,37)(H,27,38)(H,28,36)(H,29,30,31,32)/t14-,16?,17?,21?,22-/m0/s1. The van der Waals surface area contributed by atoms with E-state index in [1.807, 2.05) is 30.7 Å². The fraction of sp³-hybridized carbons (Fsp3) is 0.640. The lowest BCUT2D eigenvalue weighted by molar-refractivity contribution is -0.132. The number of H-pyrrole nitrogens is 1. The Morgan fingerprint density at radius 1 is 1.29 bits per heavy atom. The third-order valence-corrected chi connectivity index (χ3v) is 7.51. The normalized spacial score (nSPS) is 22.2. The van der Waals surface area contributed by atoms with E-state index in [9.17, 15) is 19.2 Å². The Bertz CT molecular complexity index is 1160. The van der Waals surface area contributed by atoms with Gasteiger partial charge in [-0.25, -0.2) is 0 Å². The molecule has 13 nitrogen and oxygen atoms in total. The van der Waals surface area contributed by atoms with Crippen LogP contribution in [-0.4, -0.2) is 86.3 Å². The van der Waals surface area contributed by atoms with Gasteiger partial charge in [-0.2, -0.15) is 5.21 Å². The monoisotopic (exact) mass is 527 g/mol. The topological polar surface area (TPSA) is 167 Å². The number of hydrogen-bond donors (Lipinski definition) is 4. The molecule has 5 atom stereocenters. The second-order valence-electron chi connectivity index (χ2n) is 10.6. The Labute approximate surface area is 221 Å². The molecule has 1 aliphatic heterocycles. The van der Waals surface area contributed by atoms with E-state index >= 15 is 0 Å². The number of rotatable bonds is 10. The van der Waals surface area contributed by atoms with Crippen LogP contribution in [0.25, 0.3) is 0 Å². The lowest BCUT2D eigenvalue weighted by Crippen LogP contribution is -2.55. The SMILES string of the molecule is CC[C@H](C)[C@H](NC(=O)CN(C)C)C(=O)NC1CCc2ccn3c2C1C(=O)CC(C(=O)NCc1nn[nH]n1)C3. The minimum atomic E-state index is -0.704. The number of aromatic nitrogens is 5. The van der Waals surface area contributed by atoms with Crippen LogP contribution >= 0.6 is 0 Å². The number of ketones is 1. The molecule has 3 heterocycles. The molecule has 3 amide bonds. The third kappa shape index (κ3) is 6.09. The maximum atomic E-state index is 13.6. The molecule has 3 unspecified atom stereocenters. The number of likely N-dealkylation sites (N-methyl/N-ethyl adjacent to an activating group) is 1. The van der Waals surface area contributed by atoms with E-state index in [1.165, 1.54) is 0 Å². The molecule has 0 radical (unpaired) electrons. The lowest BCUT2D eigenvalue weighted by Gasteiger charge is -2.34. The van der Waals surface area contributed by atoms with Crippen molar-refractivity contribution < 1.29 is 19.2 Å². The number of nitrogens with one attached hydrogen (secondary N) is 4. The van der Waals surface area contributed by atoms with Crippen molar-refractivity contribution in [3.63, 3.8) is 0 Å². The van der Waals surface area contributed by atoms with Gasteiger partial charge in [-0.15, -0.1) is 10.2 Å². The molecule has 38 heavy (non-hydrogen) atoms. The van der Waals surface area contributed by atoms with E-state index in [0.29, 0.717) is 31.6 Å². The Kier molecular flexibility index (Phi) is 8.55. The molecular weight excluding hydrogens is 490 g/mol. The first-order valence-electron chi connectivity index (χ1n) is 13.1. The number of carbonyl (C=O) groups excluding carboxylic acids is 4. The summed E-state index contributed by atoms with van der Waals surface area (Å²) in [6.07, 6.45) is 4.01. The summed E-state index contributed by atoms with van der Waals surface area (Å²) in [7, 11) is 3.59. The maximum Gasteiger partial charge on any atom is 0.243 e. The molecule has 0 aromatic carbocycles. The van der Waals surface area contributed by atoms with Crippen LogP contribution in [0.5, 0.6) is 0 Å². The van der Waals surface area contributed by atoms with Crippen LogP contribution in [0.4, 0.5) is 0 Å². The number of amides is 3. The Morgan fingerprint density at radius 2 is 2.08 bits per heavy atom. The molecule has 0 fully saturated rings. The first kappa shape index (κ1) is 27.4. The molecule has 0 bridgehead atoms. The van der Waals surface area contributed by atoms with Crippen LogP contribution in [0, 0.1) is 11.8 Å². The van der Waals surface area contributed by atoms with Crippen molar-refractivity contribution in [2.75, 3.05) is 20.6 Å². The maximum absolute atomic E-state index is 13.6. The van der Waals surface area contributed by atoms with Gasteiger partial charge in [-0.1, -0.05) is 25.5 Å². The van der Waals surface area contributed by atoms with Gasteiger partial charge in [0.05, 0.1) is 24.9 Å². The molecule has 0 saturated carbocycles. The average Bonchev–Trinajstić information content (AvgIpc) is 3.51. The van der Waals surface area contributed by atoms with Gasteiger partial charge in [0, 0.05) is 30.9 Å². The van der Waals surface area contributed by atoms with E-state index in [2.05, 4.69) is 36.6 Å². The summed E-state index contributed by atoms with van der Waals surface area (Å²) in [5.74, 6) is -1.69. The van der Waals surface area contributed by atoms with Crippen molar-refractivity contribution in [1.29, 1.82) is 0 Å². The highest BCUT2D eigenvalue weighted by Gasteiger charge is 2.43. The molecule has 2 aliphatic rings. The highest BCUT2D eigenvalue weighted by atomic mass is 16.2. The molecule has 1 aliphatic carbocycles. The molecule has 2 aromatic heterocycles. The molecule has 2 aromatic rings. The van der Waals surface area contributed by atoms with Gasteiger partial charge >= 0.3 is 0 Å². The van der Waals surface area contributed by atoms with Crippen LogP contribution in [0.1, 0.15) is 56.1 Å². The molecule has 206 valence electrons. The van der Waals surface area contributed by atoms with Crippen LogP contribution in [0.2, 0.25) is 0 Å². The van der Waals surface area contributed by atoms with Crippen LogP contribution in [0.3, 0.4) is 0 Å². The van der Waals surface area contributed by atoms with Gasteiger partial charge in [-0.05, 0) is 44.5 Å². The van der Waals surface area contributed by atoms with Gasteiger partial charge in [-0.3, -0.25) is 19.2 Å². The predicted molar refractivity (Wildman–Crippen MR) is 137 cm³/mol. The Morgan fingerprint density at radius 3 is 2.76 bits per heavy atom. The van der Waals surface area contributed by atoms with Gasteiger partial charge in [0.1, 0.15) is 11.8 Å². The lowest BCUT2D eigenvalue weighted by atomic mass is 9.79. The molecular formula is C25H37N9O4. The number of Topliss-reactive ketones (excluding diaryl/α,β-unsaturated/α-hetero) is 1. The number of hydrogen-bond acceptors (Lipinski definition) is 8. The predicted octanol–water partition coefficient (Wildman–Crippen LogP) is -0.486. The number of aromatic amines is 1. The molecule has 4 N–H and O–H groups in total. The third-order valence-electron chi connectivity index (χ3n) is 7.51. The second kappa shape index (κ2) is 11.8. The number of tetrazole rings is 1. The molecule has 4 rings (SSSR count). The smallest absolute Gasteiger partial charge is 0.243 e. The van der Waals surface area contributed by atoms with Crippen molar-refractivity contribution >= 4 is 23.5 Å². The van der Waals surface area contributed by atoms with E-state index in [0.717, 1.165) is 11.3 Å². The van der Waals surface area contributed by atoms with Crippen molar-refractivity contribution in [2.45, 2.75) is 70.6 Å². The van der Waals surface area contributed by atoms with E-state index in [1.54, 1.807) is 19.0 Å². The summed E-state index contributed by atoms with van der Waals surface area (Å²) >= 11 is 0. The highest BCUT2D eigenvalue weighted by Crippen LogP contribution is 2.38. The van der Waals surface area contributed by atoms with Gasteiger partial charge < -0.3 is 25.4 Å². The second-order valence-corrected chi connectivity index (χ2v) is 10.6. The summed E-state index contributed by atoms with van der Waals surface area (Å²) in [5.41, 5.74) is 1.94. The zero-order valence-electron chi connectivity index (χ0n) is 22.4. The van der Waals surface area contributed by atoms with Gasteiger partial charge in [0.25, 0.3) is 0 Å². The first-order chi connectivity index (χ1) is 18.2. The first-order valence-corrected chi connectivity index (χ1v) is 13.1. The van der Waals surface area contributed by atoms with Crippen LogP contribution < -0.4 is 16.0 Å². The zero-order valence-corrected chi connectivity index (χ0v) is 22.4. The van der Waals surface area contributed by atoms with Crippen molar-refractivity contribution in [3.05, 3.63) is 29.3 Å². The summed E-state index contributed by atoms with van der Waals surface area (Å²) in [6, 6.07) is 0.872.